The first kappa shape index (κ1) is 32.7. The van der Waals surface area contributed by atoms with Crippen LogP contribution in [-0.4, -0.2) is 41.1 Å². The minimum Gasteiger partial charge on any atom is -0.481 e. The van der Waals surface area contributed by atoms with Gasteiger partial charge >= 0.3 is 11.9 Å². The van der Waals surface area contributed by atoms with Gasteiger partial charge < -0.3 is 14.6 Å². The van der Waals surface area contributed by atoms with E-state index < -0.39 is 17.0 Å². The van der Waals surface area contributed by atoms with Crippen molar-refractivity contribution in [1.82, 2.24) is 0 Å². The zero-order chi connectivity index (χ0) is 32.0. The molecule has 0 bridgehead atoms. The number of allylic oxidation sites excluding steroid dienone is 2. The number of carbonyl (C=O) groups excluding carboxylic acids is 2. The van der Waals surface area contributed by atoms with Gasteiger partial charge in [0.15, 0.2) is 5.78 Å². The quantitative estimate of drug-likeness (QED) is 0.321. The Hall–Kier alpha value is -1.69. The Balaban J connectivity index is 1.42. The number of hydrogen-bond acceptors (Lipinski definition) is 5. The van der Waals surface area contributed by atoms with E-state index in [0.29, 0.717) is 25.4 Å². The van der Waals surface area contributed by atoms with Gasteiger partial charge in [-0.15, -0.1) is 0 Å². The van der Waals surface area contributed by atoms with Gasteiger partial charge in [0.25, 0.3) is 0 Å². The number of esters is 1. The van der Waals surface area contributed by atoms with Crippen LogP contribution in [0.25, 0.3) is 0 Å². The van der Waals surface area contributed by atoms with Crippen molar-refractivity contribution in [2.24, 2.45) is 50.2 Å². The maximum absolute atomic E-state index is 14.5. The van der Waals surface area contributed by atoms with E-state index in [2.05, 4.69) is 41.5 Å². The predicted octanol–water partition coefficient (Wildman–Crippen LogP) is 8.17. The van der Waals surface area contributed by atoms with E-state index in [1.54, 1.807) is 0 Å². The molecule has 0 spiro atoms. The molecule has 0 aromatic heterocycles. The maximum Gasteiger partial charge on any atom is 0.309 e. The number of fused-ring (bicyclic) bond motifs is 7. The van der Waals surface area contributed by atoms with E-state index in [9.17, 15) is 19.5 Å². The highest BCUT2D eigenvalue weighted by Gasteiger charge is 2.70. The van der Waals surface area contributed by atoms with Crippen LogP contribution in [0.5, 0.6) is 0 Å². The smallest absolute Gasteiger partial charge is 0.309 e. The SMILES string of the molecule is CC(C)(C)OC(=O)CCO[C@H]1CC[C@]2(C)[C@H]3C(=O)C=C4[C@@H]5C[C@@](C)(C(=O)O)CC[C@]5(C)CC[C@@]4(C)[C@]3(C)CC[C@H]2C1(C)C. The number of carboxylic acids is 1. The van der Waals surface area contributed by atoms with Crippen LogP contribution >= 0.6 is 0 Å². The van der Waals surface area contributed by atoms with E-state index in [4.69, 9.17) is 9.47 Å². The molecular weight excluding hydrogens is 540 g/mol. The number of ether oxygens (including phenoxy) is 2. The molecule has 0 unspecified atom stereocenters. The van der Waals surface area contributed by atoms with Crippen LogP contribution in [0, 0.1) is 50.2 Å². The molecule has 0 aliphatic heterocycles. The first-order valence-corrected chi connectivity index (χ1v) is 17.0. The van der Waals surface area contributed by atoms with Gasteiger partial charge in [0, 0.05) is 5.92 Å². The van der Waals surface area contributed by atoms with Gasteiger partial charge in [-0.2, -0.15) is 0 Å². The minimum absolute atomic E-state index is 0.0315. The normalized spacial score (nSPS) is 45.5. The van der Waals surface area contributed by atoms with E-state index in [1.165, 1.54) is 5.57 Å². The monoisotopic (exact) mass is 598 g/mol. The van der Waals surface area contributed by atoms with Crippen molar-refractivity contribution in [3.63, 3.8) is 0 Å². The van der Waals surface area contributed by atoms with E-state index in [0.717, 1.165) is 44.9 Å². The third kappa shape index (κ3) is 4.95. The topological polar surface area (TPSA) is 89.9 Å². The molecule has 0 aromatic carbocycles. The average molecular weight is 599 g/mol. The summed E-state index contributed by atoms with van der Waals surface area (Å²) in [4.78, 5) is 39.2. The molecule has 0 aromatic rings. The molecule has 4 fully saturated rings. The fraction of sp³-hybridized carbons (Fsp3) is 0.865. The lowest BCUT2D eigenvalue weighted by atomic mass is 9.33. The van der Waals surface area contributed by atoms with Gasteiger partial charge in [0.05, 0.1) is 24.5 Å². The Bertz CT molecular complexity index is 1210. The van der Waals surface area contributed by atoms with Crippen molar-refractivity contribution in [3.8, 4) is 0 Å². The standard InChI is InChI=1S/C37H58O6/c1-31(2,3)43-28(39)13-20-42-27-12-14-35(8)26(32(27,4)5)11-15-37(10)29(35)25(38)21-23-24-22-34(7,30(40)41)17-16-33(24,6)18-19-36(23,37)9/h21,24,26-27,29H,11-20,22H2,1-10H3,(H,40,41)/t24-,26-,27-,29+,33+,34-,35-,36+,37+/m0/s1. The Labute approximate surface area is 260 Å². The minimum atomic E-state index is -0.737. The largest absolute Gasteiger partial charge is 0.481 e. The lowest BCUT2D eigenvalue weighted by molar-refractivity contribution is -0.210. The van der Waals surface area contributed by atoms with Crippen LogP contribution < -0.4 is 0 Å². The summed E-state index contributed by atoms with van der Waals surface area (Å²) in [6.45, 7) is 22.1. The van der Waals surface area contributed by atoms with Crippen molar-refractivity contribution in [2.45, 2.75) is 145 Å². The first-order valence-electron chi connectivity index (χ1n) is 17.0. The van der Waals surface area contributed by atoms with E-state index >= 15 is 0 Å². The molecular formula is C37H58O6. The number of hydrogen-bond donors (Lipinski definition) is 1. The van der Waals surface area contributed by atoms with Crippen molar-refractivity contribution in [3.05, 3.63) is 11.6 Å². The molecule has 43 heavy (non-hydrogen) atoms. The van der Waals surface area contributed by atoms with Crippen LogP contribution in [-0.2, 0) is 23.9 Å². The molecule has 242 valence electrons. The lowest BCUT2D eigenvalue weighted by Gasteiger charge is -2.70. The summed E-state index contributed by atoms with van der Waals surface area (Å²) in [5.74, 6) is -0.247. The molecule has 6 heteroatoms. The molecule has 0 amide bonds. The Kier molecular flexibility index (Phi) is 7.72. The summed E-state index contributed by atoms with van der Waals surface area (Å²) >= 11 is 0. The average Bonchev–Trinajstić information content (AvgIpc) is 2.86. The van der Waals surface area contributed by atoms with Gasteiger partial charge in [-0.25, -0.2) is 0 Å². The molecule has 0 heterocycles. The van der Waals surface area contributed by atoms with Crippen LogP contribution in [0.2, 0.25) is 0 Å². The van der Waals surface area contributed by atoms with Crippen molar-refractivity contribution in [2.75, 3.05) is 6.61 Å². The Morgan fingerprint density at radius 3 is 2.21 bits per heavy atom. The number of ketones is 1. The molecule has 6 nitrogen and oxygen atoms in total. The van der Waals surface area contributed by atoms with E-state index in [-0.39, 0.29) is 63.2 Å². The Morgan fingerprint density at radius 2 is 1.58 bits per heavy atom. The van der Waals surface area contributed by atoms with Gasteiger partial charge in [-0.05, 0) is 130 Å². The highest BCUT2D eigenvalue weighted by atomic mass is 16.6. The summed E-state index contributed by atoms with van der Waals surface area (Å²) in [5, 5.41) is 10.2. The van der Waals surface area contributed by atoms with Crippen LogP contribution in [0.4, 0.5) is 0 Å². The summed E-state index contributed by atoms with van der Waals surface area (Å²) in [6, 6.07) is 0. The second-order valence-corrected chi connectivity index (χ2v) is 18.1. The number of aliphatic carboxylic acids is 1. The fourth-order valence-corrected chi connectivity index (χ4v) is 11.3. The molecule has 5 aliphatic rings. The molecule has 1 N–H and O–H groups in total. The van der Waals surface area contributed by atoms with Gasteiger partial charge in [0.2, 0.25) is 0 Å². The van der Waals surface area contributed by atoms with Crippen molar-refractivity contribution >= 4 is 17.7 Å². The molecule has 0 radical (unpaired) electrons. The molecule has 9 atom stereocenters. The first-order chi connectivity index (χ1) is 19.6. The second-order valence-electron chi connectivity index (χ2n) is 18.1. The van der Waals surface area contributed by atoms with Gasteiger partial charge in [0.1, 0.15) is 5.60 Å². The third-order valence-electron chi connectivity index (χ3n) is 14.1. The van der Waals surface area contributed by atoms with Crippen molar-refractivity contribution in [1.29, 1.82) is 0 Å². The Morgan fingerprint density at radius 1 is 0.930 bits per heavy atom. The highest BCUT2D eigenvalue weighted by molar-refractivity contribution is 5.95. The molecule has 0 saturated heterocycles. The summed E-state index contributed by atoms with van der Waals surface area (Å²) in [5.41, 5.74) is -0.487. The number of carboxylic acid groups (broad SMARTS) is 1. The number of carbonyl (C=O) groups is 3. The van der Waals surface area contributed by atoms with E-state index in [1.807, 2.05) is 33.8 Å². The lowest BCUT2D eigenvalue weighted by Crippen LogP contribution is -2.66. The summed E-state index contributed by atoms with van der Waals surface area (Å²) in [6.07, 6.45) is 10.6. The summed E-state index contributed by atoms with van der Waals surface area (Å²) < 4.78 is 11.9. The van der Waals surface area contributed by atoms with Crippen molar-refractivity contribution < 1.29 is 29.0 Å². The zero-order valence-corrected chi connectivity index (χ0v) is 28.7. The third-order valence-corrected chi connectivity index (χ3v) is 14.1. The molecule has 4 saturated carbocycles. The fourth-order valence-electron chi connectivity index (χ4n) is 11.3. The summed E-state index contributed by atoms with van der Waals surface area (Å²) in [7, 11) is 0. The molecule has 5 rings (SSSR count). The molecule has 5 aliphatic carbocycles. The number of rotatable bonds is 5. The van der Waals surface area contributed by atoms with Gasteiger partial charge in [-0.1, -0.05) is 47.1 Å². The predicted molar refractivity (Wildman–Crippen MR) is 167 cm³/mol. The van der Waals surface area contributed by atoms with Gasteiger partial charge in [-0.3, -0.25) is 14.4 Å². The van der Waals surface area contributed by atoms with Crippen LogP contribution in [0.1, 0.15) is 133 Å². The van der Waals surface area contributed by atoms with Crippen LogP contribution in [0.3, 0.4) is 0 Å². The second kappa shape index (κ2) is 10.2. The van der Waals surface area contributed by atoms with Crippen LogP contribution in [0.15, 0.2) is 11.6 Å². The zero-order valence-electron chi connectivity index (χ0n) is 28.7. The maximum atomic E-state index is 14.5. The highest BCUT2D eigenvalue weighted by Crippen LogP contribution is 2.75.